The molecule has 3 aromatic rings. The zero-order valence-corrected chi connectivity index (χ0v) is 19.1. The molecule has 0 saturated carbocycles. The number of hydrogen-bond donors (Lipinski definition) is 2. The van der Waals surface area contributed by atoms with Crippen LogP contribution in [0.1, 0.15) is 37.9 Å². The molecule has 164 valence electrons. The number of unbranched alkanes of at least 4 members (excludes halogenated alkanes) is 1. The van der Waals surface area contributed by atoms with Crippen LogP contribution in [0.5, 0.6) is 5.75 Å². The van der Waals surface area contributed by atoms with Crippen LogP contribution in [0.4, 0.5) is 11.4 Å². The van der Waals surface area contributed by atoms with Gasteiger partial charge >= 0.3 is 0 Å². The number of rotatable bonds is 8. The van der Waals surface area contributed by atoms with Gasteiger partial charge in [0.05, 0.1) is 30.9 Å². The minimum atomic E-state index is 0.649. The average molecular weight is 439 g/mol. The zero-order valence-electron chi connectivity index (χ0n) is 18.2. The van der Waals surface area contributed by atoms with Crippen molar-refractivity contribution in [3.8, 4) is 5.75 Å². The van der Waals surface area contributed by atoms with Gasteiger partial charge in [-0.15, -0.1) is 0 Å². The van der Waals surface area contributed by atoms with Crippen molar-refractivity contribution in [2.24, 2.45) is 0 Å². The molecule has 0 atom stereocenters. The lowest BCUT2D eigenvalue weighted by Crippen LogP contribution is -2.36. The number of morpholine rings is 1. The van der Waals surface area contributed by atoms with Crippen LogP contribution < -0.4 is 15.0 Å². The Morgan fingerprint density at radius 3 is 2.68 bits per heavy atom. The Morgan fingerprint density at radius 1 is 1.19 bits per heavy atom. The Bertz CT molecular complexity index is 1030. The van der Waals surface area contributed by atoms with Crippen LogP contribution in [-0.4, -0.2) is 48.1 Å². The van der Waals surface area contributed by atoms with E-state index >= 15 is 0 Å². The lowest BCUT2D eigenvalue weighted by atomic mass is 10.1. The third-order valence-electron chi connectivity index (χ3n) is 5.59. The monoisotopic (exact) mass is 438 g/mol. The number of aromatic nitrogens is 2. The van der Waals surface area contributed by atoms with Crippen LogP contribution in [0.15, 0.2) is 36.4 Å². The summed E-state index contributed by atoms with van der Waals surface area (Å²) in [5.74, 6) is 0.775. The van der Waals surface area contributed by atoms with Crippen LogP contribution in [0.2, 0.25) is 0 Å². The fourth-order valence-electron chi connectivity index (χ4n) is 3.76. The van der Waals surface area contributed by atoms with E-state index in [4.69, 9.17) is 21.7 Å². The van der Waals surface area contributed by atoms with E-state index in [2.05, 4.69) is 64.6 Å². The topological polar surface area (TPSA) is 62.4 Å². The van der Waals surface area contributed by atoms with Gasteiger partial charge in [0.15, 0.2) is 0 Å². The quantitative estimate of drug-likeness (QED) is 0.384. The summed E-state index contributed by atoms with van der Waals surface area (Å²) in [7, 11) is 0. The number of anilines is 2. The van der Waals surface area contributed by atoms with Crippen molar-refractivity contribution in [3.05, 3.63) is 47.7 Å². The van der Waals surface area contributed by atoms with Gasteiger partial charge in [0.2, 0.25) is 0 Å². The molecular weight excluding hydrogens is 408 g/mol. The van der Waals surface area contributed by atoms with Crippen molar-refractivity contribution in [1.29, 1.82) is 0 Å². The number of nitrogens with zero attached hydrogens (tertiary/aromatic N) is 2. The Morgan fingerprint density at radius 2 is 1.97 bits per heavy atom. The van der Waals surface area contributed by atoms with Gasteiger partial charge < -0.3 is 19.7 Å². The minimum Gasteiger partial charge on any atom is -0.493 e. The number of thiocarbonyl (C=S) groups is 1. The predicted octanol–water partition coefficient (Wildman–Crippen LogP) is 4.93. The summed E-state index contributed by atoms with van der Waals surface area (Å²) in [6.45, 7) is 8.34. The van der Waals surface area contributed by atoms with Gasteiger partial charge in [-0.05, 0) is 43.2 Å². The molecule has 0 radical (unpaired) electrons. The minimum absolute atomic E-state index is 0.649. The normalized spacial score (nSPS) is 14.1. The number of hydrogen-bond acceptors (Lipinski definition) is 5. The lowest BCUT2D eigenvalue weighted by molar-refractivity contribution is 0.122. The summed E-state index contributed by atoms with van der Waals surface area (Å²) in [6.07, 6.45) is 2.97. The van der Waals surface area contributed by atoms with Crippen LogP contribution in [0, 0.1) is 0 Å². The molecule has 0 unspecified atom stereocenters. The maximum absolute atomic E-state index is 6.09. The highest BCUT2D eigenvalue weighted by molar-refractivity contribution is 7.81. The highest BCUT2D eigenvalue weighted by Gasteiger charge is 2.16. The van der Waals surface area contributed by atoms with Crippen LogP contribution >= 0.6 is 12.2 Å². The van der Waals surface area contributed by atoms with Gasteiger partial charge in [-0.3, -0.25) is 5.10 Å². The molecule has 0 amide bonds. The van der Waals surface area contributed by atoms with E-state index in [-0.39, 0.29) is 0 Å². The summed E-state index contributed by atoms with van der Waals surface area (Å²) < 4.78 is 11.5. The molecule has 4 rings (SSSR count). The first-order valence-corrected chi connectivity index (χ1v) is 11.5. The standard InChI is InChI=1S/C24H30N4O2S/c1-3-5-12-30-23-16-22-19(21(4-2)26-27-22)15-20(23)24(31)25-17-6-8-18(9-7-17)28-10-13-29-14-11-28/h6-9,15-16H,3-5,10-14H2,1-2H3,(H,25,31)(H,26,27). The van der Waals surface area contributed by atoms with Crippen molar-refractivity contribution < 1.29 is 9.47 Å². The molecule has 1 saturated heterocycles. The molecule has 1 aliphatic heterocycles. The van der Waals surface area contributed by atoms with Gasteiger partial charge in [-0.25, -0.2) is 0 Å². The smallest absolute Gasteiger partial charge is 0.131 e. The van der Waals surface area contributed by atoms with Crippen molar-refractivity contribution in [2.45, 2.75) is 33.1 Å². The van der Waals surface area contributed by atoms with Crippen molar-refractivity contribution in [1.82, 2.24) is 10.2 Å². The van der Waals surface area contributed by atoms with E-state index < -0.39 is 0 Å². The average Bonchev–Trinajstić information content (AvgIpc) is 3.21. The summed E-state index contributed by atoms with van der Waals surface area (Å²) in [4.78, 5) is 2.99. The van der Waals surface area contributed by atoms with Gasteiger partial charge in [-0.2, -0.15) is 5.10 Å². The number of aryl methyl sites for hydroxylation is 1. The van der Waals surface area contributed by atoms with Gasteiger partial charge in [-0.1, -0.05) is 32.5 Å². The molecular formula is C24H30N4O2S. The SMILES string of the molecule is CCCCOc1cc2n[nH]c(CC)c2cc1C(=S)Nc1ccc(N2CCOCC2)cc1. The fourth-order valence-corrected chi connectivity index (χ4v) is 4.04. The Kier molecular flexibility index (Phi) is 7.04. The molecule has 1 fully saturated rings. The second kappa shape index (κ2) is 10.1. The first-order chi connectivity index (χ1) is 15.2. The highest BCUT2D eigenvalue weighted by Crippen LogP contribution is 2.29. The Labute approximate surface area is 188 Å². The molecule has 2 heterocycles. The van der Waals surface area contributed by atoms with Crippen molar-refractivity contribution in [3.63, 3.8) is 0 Å². The molecule has 0 spiro atoms. The Hall–Kier alpha value is -2.64. The van der Waals surface area contributed by atoms with Gasteiger partial charge in [0.25, 0.3) is 0 Å². The molecule has 1 aromatic heterocycles. The third kappa shape index (κ3) is 4.99. The fraction of sp³-hybridized carbons (Fsp3) is 0.417. The van der Waals surface area contributed by atoms with E-state index in [1.54, 1.807) is 0 Å². The maximum Gasteiger partial charge on any atom is 0.131 e. The summed E-state index contributed by atoms with van der Waals surface area (Å²) in [5.41, 5.74) is 5.08. The first kappa shape index (κ1) is 21.6. The van der Waals surface area contributed by atoms with Gasteiger partial charge in [0.1, 0.15) is 10.7 Å². The number of nitrogens with one attached hydrogen (secondary N) is 2. The van der Waals surface area contributed by atoms with Crippen LogP contribution in [-0.2, 0) is 11.2 Å². The van der Waals surface area contributed by atoms with E-state index in [9.17, 15) is 0 Å². The molecule has 7 heteroatoms. The van der Waals surface area contributed by atoms with Crippen molar-refractivity contribution in [2.75, 3.05) is 43.1 Å². The third-order valence-corrected chi connectivity index (χ3v) is 5.91. The number of aromatic amines is 1. The summed E-state index contributed by atoms with van der Waals surface area (Å²) >= 11 is 5.79. The molecule has 6 nitrogen and oxygen atoms in total. The molecule has 2 N–H and O–H groups in total. The summed E-state index contributed by atoms with van der Waals surface area (Å²) in [5, 5.41) is 12.0. The van der Waals surface area contributed by atoms with E-state index in [1.165, 1.54) is 5.69 Å². The molecule has 2 aromatic carbocycles. The Balaban J connectivity index is 1.55. The molecule has 0 bridgehead atoms. The second-order valence-electron chi connectivity index (χ2n) is 7.72. The van der Waals surface area contributed by atoms with Crippen LogP contribution in [0.3, 0.4) is 0 Å². The zero-order chi connectivity index (χ0) is 21.6. The number of fused-ring (bicyclic) bond motifs is 1. The highest BCUT2D eigenvalue weighted by atomic mass is 32.1. The van der Waals surface area contributed by atoms with E-state index in [0.717, 1.165) is 79.2 Å². The van der Waals surface area contributed by atoms with Gasteiger partial charge in [0, 0.05) is 41.6 Å². The predicted molar refractivity (Wildman–Crippen MR) is 131 cm³/mol. The molecule has 1 aliphatic rings. The second-order valence-corrected chi connectivity index (χ2v) is 8.13. The van der Waals surface area contributed by atoms with Crippen molar-refractivity contribution >= 4 is 39.5 Å². The summed E-state index contributed by atoms with van der Waals surface area (Å²) in [6, 6.07) is 12.5. The van der Waals surface area contributed by atoms with E-state index in [0.29, 0.717) is 11.6 Å². The number of H-pyrrole nitrogens is 1. The first-order valence-electron chi connectivity index (χ1n) is 11.1. The maximum atomic E-state index is 6.09. The lowest BCUT2D eigenvalue weighted by Gasteiger charge is -2.29. The van der Waals surface area contributed by atoms with Crippen LogP contribution in [0.25, 0.3) is 10.9 Å². The number of benzene rings is 2. The number of ether oxygens (including phenoxy) is 2. The molecule has 31 heavy (non-hydrogen) atoms. The van der Waals surface area contributed by atoms with E-state index in [1.807, 2.05) is 6.07 Å². The largest absolute Gasteiger partial charge is 0.493 e. The molecule has 0 aliphatic carbocycles.